The van der Waals surface area contributed by atoms with Gasteiger partial charge in [-0.05, 0) is 126 Å². The van der Waals surface area contributed by atoms with Crippen LogP contribution in [0.15, 0.2) is 175 Å². The van der Waals surface area contributed by atoms with Crippen LogP contribution in [-0.2, 0) is 41.6 Å². The number of pyridine rings is 2. The SMILES string of the molecule is Cc1ccc(-c2ccncc2)cc1.Cc1ccc(-c2ccncc2)cc1Cc1ccccc1.Cc1ccc(Br)cc1Cc1ccccc1.O=C=O.O=C=O.O=C=O. The Labute approximate surface area is 341 Å². The molecule has 0 N–H and O–H groups in total. The molecule has 286 valence electrons. The highest BCUT2D eigenvalue weighted by Crippen LogP contribution is 2.24. The van der Waals surface area contributed by atoms with E-state index in [0.29, 0.717) is 0 Å². The molecule has 5 aromatic carbocycles. The molecule has 7 rings (SSSR count). The molecular weight excluding hydrogens is 780 g/mol. The topological polar surface area (TPSA) is 128 Å². The fourth-order valence-electron chi connectivity index (χ4n) is 5.34. The second-order valence-electron chi connectivity index (χ2n) is 12.1. The fourth-order valence-corrected chi connectivity index (χ4v) is 5.75. The van der Waals surface area contributed by atoms with Gasteiger partial charge < -0.3 is 0 Å². The highest BCUT2D eigenvalue weighted by molar-refractivity contribution is 9.10. The summed E-state index contributed by atoms with van der Waals surface area (Å²) in [7, 11) is 0. The van der Waals surface area contributed by atoms with Crippen LogP contribution in [0.3, 0.4) is 0 Å². The molecule has 0 fully saturated rings. The second kappa shape index (κ2) is 27.6. The maximum Gasteiger partial charge on any atom is 0.373 e. The molecule has 57 heavy (non-hydrogen) atoms. The Morgan fingerprint density at radius 1 is 0.421 bits per heavy atom. The minimum absolute atomic E-state index is 0.250. The summed E-state index contributed by atoms with van der Waals surface area (Å²) in [6.07, 6.45) is 10.0. The molecule has 9 heteroatoms. The molecule has 0 amide bonds. The lowest BCUT2D eigenvalue weighted by molar-refractivity contribution is -0.193. The summed E-state index contributed by atoms with van der Waals surface area (Å²) in [4.78, 5) is 56.8. The smallest absolute Gasteiger partial charge is 0.265 e. The van der Waals surface area contributed by atoms with Crippen molar-refractivity contribution in [3.8, 4) is 22.3 Å². The molecule has 0 aliphatic rings. The molecule has 8 nitrogen and oxygen atoms in total. The normalized spacial score (nSPS) is 9.05. The number of aryl methyl sites for hydroxylation is 3. The molecule has 2 aromatic heterocycles. The van der Waals surface area contributed by atoms with Crippen molar-refractivity contribution < 1.29 is 28.8 Å². The first kappa shape index (κ1) is 46.2. The maximum absolute atomic E-state index is 8.12. The molecular formula is C48H41BrN2O6. The summed E-state index contributed by atoms with van der Waals surface area (Å²) >= 11 is 3.51. The van der Waals surface area contributed by atoms with Crippen LogP contribution >= 0.6 is 15.9 Å². The molecule has 0 radical (unpaired) electrons. The Bertz CT molecular complexity index is 2260. The van der Waals surface area contributed by atoms with E-state index in [4.69, 9.17) is 28.8 Å². The van der Waals surface area contributed by atoms with Gasteiger partial charge in [0.2, 0.25) is 0 Å². The molecule has 0 saturated heterocycles. The molecule has 0 aliphatic heterocycles. The first-order valence-corrected chi connectivity index (χ1v) is 18.3. The summed E-state index contributed by atoms with van der Waals surface area (Å²) in [5.41, 5.74) is 14.4. The number of rotatable bonds is 6. The lowest BCUT2D eigenvalue weighted by atomic mass is 9.96. The van der Waals surface area contributed by atoms with Crippen molar-refractivity contribution in [2.75, 3.05) is 0 Å². The van der Waals surface area contributed by atoms with Crippen LogP contribution in [0.5, 0.6) is 0 Å². The van der Waals surface area contributed by atoms with E-state index in [-0.39, 0.29) is 18.5 Å². The van der Waals surface area contributed by atoms with Gasteiger partial charge in [0.05, 0.1) is 0 Å². The lowest BCUT2D eigenvalue weighted by Gasteiger charge is -2.09. The van der Waals surface area contributed by atoms with E-state index >= 15 is 0 Å². The standard InChI is InChI=1S/C19H17N.C14H13Br.C12H11N.3CO2/c1-15-7-8-18(17-9-11-20-12-10-17)14-19(15)13-16-5-3-2-4-6-16;1-11-7-8-14(15)10-13(11)9-12-5-3-2-4-6-12;1-10-2-4-11(5-3-10)12-6-8-13-9-7-12;3*2-1-3/h2-12,14H,13H2,1H3;2-8,10H,9H2,1H3;2-9H,1H3;;;. The van der Waals surface area contributed by atoms with Gasteiger partial charge in [0.15, 0.2) is 0 Å². The molecule has 0 bridgehead atoms. The van der Waals surface area contributed by atoms with Gasteiger partial charge in [0.1, 0.15) is 0 Å². The van der Waals surface area contributed by atoms with Gasteiger partial charge in [0, 0.05) is 29.3 Å². The minimum Gasteiger partial charge on any atom is -0.265 e. The molecule has 7 aromatic rings. The monoisotopic (exact) mass is 820 g/mol. The number of hydrogen-bond acceptors (Lipinski definition) is 8. The number of benzene rings is 5. The van der Waals surface area contributed by atoms with Crippen LogP contribution in [-0.4, -0.2) is 28.4 Å². The van der Waals surface area contributed by atoms with Crippen LogP contribution in [0.25, 0.3) is 22.3 Å². The number of aromatic nitrogens is 2. The average molecular weight is 822 g/mol. The Kier molecular flexibility index (Phi) is 22.3. The first-order chi connectivity index (χ1) is 27.7. The fraction of sp³-hybridized carbons (Fsp3) is 0.104. The predicted octanol–water partition coefficient (Wildman–Crippen LogP) is 10.3. The van der Waals surface area contributed by atoms with Gasteiger partial charge >= 0.3 is 18.5 Å². The summed E-state index contributed by atoms with van der Waals surface area (Å²) < 4.78 is 1.15. The third-order valence-corrected chi connectivity index (χ3v) is 8.71. The van der Waals surface area contributed by atoms with Crippen LogP contribution in [0.2, 0.25) is 0 Å². The summed E-state index contributed by atoms with van der Waals surface area (Å²) in [5, 5.41) is 0. The van der Waals surface area contributed by atoms with E-state index < -0.39 is 0 Å². The Morgan fingerprint density at radius 2 is 0.772 bits per heavy atom. The van der Waals surface area contributed by atoms with E-state index in [1.165, 1.54) is 61.2 Å². The third-order valence-electron chi connectivity index (χ3n) is 8.21. The van der Waals surface area contributed by atoms with Gasteiger partial charge in [-0.15, -0.1) is 0 Å². The Balaban J connectivity index is 0.000000272. The Morgan fingerprint density at radius 3 is 1.21 bits per heavy atom. The highest BCUT2D eigenvalue weighted by atomic mass is 79.9. The zero-order valence-electron chi connectivity index (χ0n) is 31.8. The number of hydrogen-bond donors (Lipinski definition) is 0. The third kappa shape index (κ3) is 18.3. The van der Waals surface area contributed by atoms with Crippen molar-refractivity contribution in [1.82, 2.24) is 9.97 Å². The van der Waals surface area contributed by atoms with Crippen molar-refractivity contribution >= 4 is 34.4 Å². The first-order valence-electron chi connectivity index (χ1n) is 17.5. The largest absolute Gasteiger partial charge is 0.373 e. The molecule has 0 aliphatic carbocycles. The molecule has 2 heterocycles. The quantitative estimate of drug-likeness (QED) is 0.162. The van der Waals surface area contributed by atoms with E-state index in [2.05, 4.69) is 180 Å². The summed E-state index contributed by atoms with van der Waals surface area (Å²) in [5.74, 6) is 0. The second-order valence-corrected chi connectivity index (χ2v) is 13.0. The predicted molar refractivity (Wildman–Crippen MR) is 221 cm³/mol. The lowest BCUT2D eigenvalue weighted by Crippen LogP contribution is -1.92. The van der Waals surface area contributed by atoms with Gasteiger partial charge in [-0.2, -0.15) is 28.8 Å². The molecule has 0 atom stereocenters. The molecule has 0 saturated carbocycles. The van der Waals surface area contributed by atoms with Crippen molar-refractivity contribution in [2.24, 2.45) is 0 Å². The zero-order chi connectivity index (χ0) is 41.7. The van der Waals surface area contributed by atoms with Gasteiger partial charge in [0.25, 0.3) is 0 Å². The van der Waals surface area contributed by atoms with Crippen molar-refractivity contribution in [1.29, 1.82) is 0 Å². The van der Waals surface area contributed by atoms with E-state index in [9.17, 15) is 0 Å². The highest BCUT2D eigenvalue weighted by Gasteiger charge is 2.04. The number of nitrogens with zero attached hydrogens (tertiary/aromatic N) is 2. The minimum atomic E-state index is 0.250. The number of carbonyl (C=O) groups excluding carboxylic acids is 6. The van der Waals surface area contributed by atoms with Crippen molar-refractivity contribution in [3.63, 3.8) is 0 Å². The number of halogens is 1. The van der Waals surface area contributed by atoms with E-state index in [1.807, 2.05) is 36.9 Å². The average Bonchev–Trinajstić information content (AvgIpc) is 3.23. The molecule has 0 unspecified atom stereocenters. The maximum atomic E-state index is 8.12. The summed E-state index contributed by atoms with van der Waals surface area (Å²) in [6.45, 7) is 6.43. The van der Waals surface area contributed by atoms with Crippen molar-refractivity contribution in [3.05, 3.63) is 214 Å². The van der Waals surface area contributed by atoms with Crippen LogP contribution < -0.4 is 0 Å². The van der Waals surface area contributed by atoms with Gasteiger partial charge in [-0.1, -0.05) is 131 Å². The van der Waals surface area contributed by atoms with Crippen LogP contribution in [0, 0.1) is 20.8 Å². The summed E-state index contributed by atoms with van der Waals surface area (Å²) in [6, 6.07) is 50.9. The van der Waals surface area contributed by atoms with E-state index in [1.54, 1.807) is 0 Å². The zero-order valence-corrected chi connectivity index (χ0v) is 33.4. The van der Waals surface area contributed by atoms with Gasteiger partial charge in [-0.3, -0.25) is 9.97 Å². The van der Waals surface area contributed by atoms with Crippen LogP contribution in [0.4, 0.5) is 0 Å². The van der Waals surface area contributed by atoms with E-state index in [0.717, 1.165) is 17.3 Å². The van der Waals surface area contributed by atoms with Crippen molar-refractivity contribution in [2.45, 2.75) is 33.6 Å². The van der Waals surface area contributed by atoms with Crippen LogP contribution in [0.1, 0.15) is 38.9 Å². The van der Waals surface area contributed by atoms with Gasteiger partial charge in [-0.25, -0.2) is 0 Å². The molecule has 0 spiro atoms. The Hall–Kier alpha value is -6.98.